The minimum absolute atomic E-state index is 0.302. The van der Waals surface area contributed by atoms with E-state index in [4.69, 9.17) is 10.5 Å². The molecule has 0 bridgehead atoms. The fourth-order valence-electron chi connectivity index (χ4n) is 0.749. The highest BCUT2D eigenvalue weighted by Gasteiger charge is 2.00. The Hall–Kier alpha value is -0.810. The van der Waals surface area contributed by atoms with Gasteiger partial charge in [-0.3, -0.25) is 0 Å². The highest BCUT2D eigenvalue weighted by atomic mass is 32.1. The number of pyridine rings is 1. The van der Waals surface area contributed by atoms with E-state index in [1.54, 1.807) is 0 Å². The lowest BCUT2D eigenvalue weighted by atomic mass is 10.2. The van der Waals surface area contributed by atoms with Gasteiger partial charge < -0.3 is 10.5 Å². The van der Waals surface area contributed by atoms with Crippen molar-refractivity contribution in [3.63, 3.8) is 0 Å². The van der Waals surface area contributed by atoms with Gasteiger partial charge in [0.25, 0.3) is 0 Å². The van der Waals surface area contributed by atoms with Crippen LogP contribution in [0.5, 0.6) is 0 Å². The number of nitrogens with two attached hydrogens (primary N) is 1. The predicted molar refractivity (Wildman–Crippen MR) is 47.2 cm³/mol. The first-order chi connectivity index (χ1) is 5.74. The zero-order valence-electron chi connectivity index (χ0n) is 6.33. The number of hydrogen-bond donors (Lipinski definition) is 2. The molecule has 0 fully saturated rings. The summed E-state index contributed by atoms with van der Waals surface area (Å²) in [5.41, 5.74) is 6.50. The van der Waals surface area contributed by atoms with Crippen molar-refractivity contribution < 1.29 is 9.13 Å². The first-order valence-electron chi connectivity index (χ1n) is 3.32. The highest BCUT2D eigenvalue weighted by Crippen LogP contribution is 2.11. The standard InChI is InChI=1S/C7H9FN2OS/c8-7-1-6(9)5(2-10-7)3-11-4-12/h1-2,12H,3-4H2,(H2,9,10). The Morgan fingerprint density at radius 1 is 1.67 bits per heavy atom. The molecule has 0 amide bonds. The van der Waals surface area contributed by atoms with Crippen LogP contribution in [0.4, 0.5) is 10.1 Å². The summed E-state index contributed by atoms with van der Waals surface area (Å²) < 4.78 is 17.4. The van der Waals surface area contributed by atoms with Gasteiger partial charge in [0.1, 0.15) is 0 Å². The quantitative estimate of drug-likeness (QED) is 0.426. The van der Waals surface area contributed by atoms with E-state index in [-0.39, 0.29) is 0 Å². The van der Waals surface area contributed by atoms with Gasteiger partial charge in [0.2, 0.25) is 5.95 Å². The molecule has 0 aliphatic carbocycles. The number of nitrogens with zero attached hydrogens (tertiary/aromatic N) is 1. The molecule has 0 aliphatic heterocycles. The maximum absolute atomic E-state index is 12.4. The van der Waals surface area contributed by atoms with Crippen molar-refractivity contribution in [1.82, 2.24) is 4.98 Å². The van der Waals surface area contributed by atoms with Crippen molar-refractivity contribution >= 4 is 18.3 Å². The molecule has 0 saturated carbocycles. The van der Waals surface area contributed by atoms with Gasteiger partial charge in [0.05, 0.1) is 12.5 Å². The van der Waals surface area contributed by atoms with Crippen molar-refractivity contribution in [3.05, 3.63) is 23.8 Å². The van der Waals surface area contributed by atoms with Gasteiger partial charge in [-0.15, -0.1) is 0 Å². The van der Waals surface area contributed by atoms with Gasteiger partial charge in [0, 0.05) is 23.5 Å². The molecule has 12 heavy (non-hydrogen) atoms. The van der Waals surface area contributed by atoms with Crippen LogP contribution in [0.2, 0.25) is 0 Å². The second-order valence-electron chi connectivity index (χ2n) is 2.18. The molecule has 1 aromatic heterocycles. The topological polar surface area (TPSA) is 48.1 Å². The first kappa shape index (κ1) is 9.28. The third kappa shape index (κ3) is 2.35. The van der Waals surface area contributed by atoms with Gasteiger partial charge in [-0.25, -0.2) is 4.98 Å². The normalized spacial score (nSPS) is 10.2. The predicted octanol–water partition coefficient (Wildman–Crippen LogP) is 1.21. The molecular formula is C7H9FN2OS. The number of halogens is 1. The van der Waals surface area contributed by atoms with Crippen LogP contribution in [0.1, 0.15) is 5.56 Å². The molecule has 3 nitrogen and oxygen atoms in total. The van der Waals surface area contributed by atoms with Crippen molar-refractivity contribution in [3.8, 4) is 0 Å². The smallest absolute Gasteiger partial charge is 0.214 e. The van der Waals surface area contributed by atoms with Crippen LogP contribution in [0.25, 0.3) is 0 Å². The lowest BCUT2D eigenvalue weighted by Gasteiger charge is -2.03. The van der Waals surface area contributed by atoms with E-state index < -0.39 is 5.95 Å². The lowest BCUT2D eigenvalue weighted by Crippen LogP contribution is -1.99. The van der Waals surface area contributed by atoms with Crippen LogP contribution in [-0.2, 0) is 11.3 Å². The average Bonchev–Trinajstić information content (AvgIpc) is 2.03. The summed E-state index contributed by atoms with van der Waals surface area (Å²) in [5.74, 6) is -0.279. The molecule has 0 unspecified atom stereocenters. The van der Waals surface area contributed by atoms with Gasteiger partial charge in [-0.1, -0.05) is 0 Å². The number of aromatic nitrogens is 1. The Bertz CT molecular complexity index is 270. The van der Waals surface area contributed by atoms with Crippen LogP contribution in [-0.4, -0.2) is 10.9 Å². The van der Waals surface area contributed by atoms with Crippen LogP contribution in [0.15, 0.2) is 12.3 Å². The molecule has 0 aliphatic rings. The minimum Gasteiger partial charge on any atom is -0.398 e. The third-order valence-corrected chi connectivity index (χ3v) is 1.52. The molecule has 1 rings (SSSR count). The Balaban J connectivity index is 2.72. The van der Waals surface area contributed by atoms with E-state index in [9.17, 15) is 4.39 Å². The first-order valence-corrected chi connectivity index (χ1v) is 3.96. The van der Waals surface area contributed by atoms with Crippen molar-refractivity contribution in [1.29, 1.82) is 0 Å². The van der Waals surface area contributed by atoms with Gasteiger partial charge >= 0.3 is 0 Å². The monoisotopic (exact) mass is 188 g/mol. The molecule has 5 heteroatoms. The maximum atomic E-state index is 12.4. The van der Waals surface area contributed by atoms with E-state index in [1.807, 2.05) is 0 Å². The summed E-state index contributed by atoms with van der Waals surface area (Å²) in [5, 5.41) is 0. The highest BCUT2D eigenvalue weighted by molar-refractivity contribution is 7.80. The molecule has 66 valence electrons. The largest absolute Gasteiger partial charge is 0.398 e. The number of anilines is 1. The Morgan fingerprint density at radius 3 is 3.00 bits per heavy atom. The second kappa shape index (κ2) is 4.27. The zero-order valence-corrected chi connectivity index (χ0v) is 7.22. The Labute approximate surface area is 75.2 Å². The molecule has 0 aromatic carbocycles. The molecule has 0 spiro atoms. The fourth-order valence-corrected chi connectivity index (χ4v) is 0.840. The van der Waals surface area contributed by atoms with Crippen molar-refractivity contribution in [2.75, 3.05) is 11.7 Å². The lowest BCUT2D eigenvalue weighted by molar-refractivity contribution is 0.170. The zero-order chi connectivity index (χ0) is 8.97. The SMILES string of the molecule is Nc1cc(F)ncc1COCS. The molecule has 1 heterocycles. The van der Waals surface area contributed by atoms with Crippen LogP contribution in [0, 0.1) is 5.95 Å². The summed E-state index contributed by atoms with van der Waals surface area (Å²) in [6, 6.07) is 1.16. The summed E-state index contributed by atoms with van der Waals surface area (Å²) in [6.07, 6.45) is 1.36. The number of hydrogen-bond acceptors (Lipinski definition) is 4. The minimum atomic E-state index is -0.581. The number of rotatable bonds is 3. The summed E-state index contributed by atoms with van der Waals surface area (Å²) in [6.45, 7) is 0.308. The molecule has 1 aromatic rings. The van der Waals surface area contributed by atoms with E-state index in [0.717, 1.165) is 6.07 Å². The maximum Gasteiger partial charge on any atom is 0.214 e. The van der Waals surface area contributed by atoms with Crippen LogP contribution < -0.4 is 5.73 Å². The summed E-state index contributed by atoms with van der Waals surface area (Å²) >= 11 is 3.85. The molecule has 0 saturated heterocycles. The number of ether oxygens (including phenoxy) is 1. The third-order valence-electron chi connectivity index (χ3n) is 1.34. The molecule has 2 N–H and O–H groups in total. The molecular weight excluding hydrogens is 179 g/mol. The van der Waals surface area contributed by atoms with Gasteiger partial charge in [-0.05, 0) is 0 Å². The second-order valence-corrected chi connectivity index (χ2v) is 2.44. The number of thiol groups is 1. The van der Waals surface area contributed by atoms with Crippen molar-refractivity contribution in [2.45, 2.75) is 6.61 Å². The van der Waals surface area contributed by atoms with E-state index in [0.29, 0.717) is 23.8 Å². The van der Waals surface area contributed by atoms with E-state index in [2.05, 4.69) is 17.6 Å². The van der Waals surface area contributed by atoms with E-state index >= 15 is 0 Å². The van der Waals surface area contributed by atoms with Crippen LogP contribution >= 0.6 is 12.6 Å². The summed E-state index contributed by atoms with van der Waals surface area (Å²) in [4.78, 5) is 3.44. The number of nitrogen functional groups attached to an aromatic ring is 1. The Kier molecular flexibility index (Phi) is 3.31. The van der Waals surface area contributed by atoms with Gasteiger partial charge in [0.15, 0.2) is 0 Å². The fraction of sp³-hybridized carbons (Fsp3) is 0.286. The Morgan fingerprint density at radius 2 is 2.42 bits per heavy atom. The summed E-state index contributed by atoms with van der Waals surface area (Å²) in [7, 11) is 0. The molecule has 0 radical (unpaired) electrons. The van der Waals surface area contributed by atoms with Gasteiger partial charge in [-0.2, -0.15) is 17.0 Å². The van der Waals surface area contributed by atoms with E-state index in [1.165, 1.54) is 6.20 Å². The van der Waals surface area contributed by atoms with Crippen molar-refractivity contribution in [2.24, 2.45) is 0 Å². The molecule has 0 atom stereocenters. The average molecular weight is 188 g/mol. The van der Waals surface area contributed by atoms with Crippen LogP contribution in [0.3, 0.4) is 0 Å².